The van der Waals surface area contributed by atoms with E-state index >= 15 is 0 Å². The molecule has 1 aromatic rings. The largest absolute Gasteiger partial charge is 0.385 e. The lowest BCUT2D eigenvalue weighted by atomic mass is 9.73. The number of halogens is 1. The third-order valence-electron chi connectivity index (χ3n) is 3.60. The van der Waals surface area contributed by atoms with E-state index in [0.717, 1.165) is 24.8 Å². The molecule has 0 saturated heterocycles. The molecule has 1 N–H and O–H groups in total. The lowest BCUT2D eigenvalue weighted by Crippen LogP contribution is -2.45. The molecule has 1 unspecified atom stereocenters. The molecule has 1 aromatic carbocycles. The van der Waals surface area contributed by atoms with Crippen LogP contribution >= 0.6 is 0 Å². The van der Waals surface area contributed by atoms with Crippen LogP contribution in [0.3, 0.4) is 0 Å². The Balaban J connectivity index is 2.26. The summed E-state index contributed by atoms with van der Waals surface area (Å²) in [7, 11) is 1.62. The Kier molecular flexibility index (Phi) is 3.00. The fourth-order valence-electron chi connectivity index (χ4n) is 2.26. The first-order valence-corrected chi connectivity index (χ1v) is 5.58. The van der Waals surface area contributed by atoms with Crippen LogP contribution in [0.5, 0.6) is 0 Å². The molecular weight excluding hydrogens is 207 g/mol. The molecule has 0 spiro atoms. The number of benzene rings is 1. The van der Waals surface area contributed by atoms with Gasteiger partial charge in [-0.2, -0.15) is 0 Å². The Morgan fingerprint density at radius 2 is 2.12 bits per heavy atom. The lowest BCUT2D eigenvalue weighted by molar-refractivity contribution is -0.151. The van der Waals surface area contributed by atoms with Crippen molar-refractivity contribution in [2.24, 2.45) is 0 Å². The molecule has 3 heteroatoms. The molecule has 0 amide bonds. The van der Waals surface area contributed by atoms with Crippen LogP contribution in [0, 0.1) is 12.7 Å². The number of ether oxygens (including phenoxy) is 1. The van der Waals surface area contributed by atoms with Gasteiger partial charge in [0.05, 0.1) is 5.60 Å². The molecule has 1 fully saturated rings. The number of hydrogen-bond acceptors (Lipinski definition) is 2. The fourth-order valence-corrected chi connectivity index (χ4v) is 2.26. The van der Waals surface area contributed by atoms with Gasteiger partial charge in [-0.25, -0.2) is 4.39 Å². The van der Waals surface area contributed by atoms with Crippen molar-refractivity contribution in [3.63, 3.8) is 0 Å². The molecule has 0 bridgehead atoms. The zero-order valence-electron chi connectivity index (χ0n) is 9.66. The highest BCUT2D eigenvalue weighted by Gasteiger charge is 2.44. The Bertz CT molecular complexity index is 380. The monoisotopic (exact) mass is 224 g/mol. The maximum Gasteiger partial charge on any atom is 0.126 e. The van der Waals surface area contributed by atoms with Gasteiger partial charge in [-0.3, -0.25) is 0 Å². The standard InChI is InChI=1S/C13H17FO2/c1-9-8-10(4-5-11(9)14)12(15)13(16-2)6-3-7-13/h4-5,8,12,15H,3,6-7H2,1-2H3. The van der Waals surface area contributed by atoms with Crippen molar-refractivity contribution in [3.8, 4) is 0 Å². The van der Waals surface area contributed by atoms with Gasteiger partial charge in [0.15, 0.2) is 0 Å². The molecule has 1 saturated carbocycles. The van der Waals surface area contributed by atoms with Gasteiger partial charge in [0.2, 0.25) is 0 Å². The number of aryl methyl sites for hydroxylation is 1. The molecule has 0 aliphatic heterocycles. The predicted molar refractivity (Wildman–Crippen MR) is 59.7 cm³/mol. The number of hydrogen-bond donors (Lipinski definition) is 1. The molecule has 2 nitrogen and oxygen atoms in total. The summed E-state index contributed by atoms with van der Waals surface area (Å²) in [5.74, 6) is -0.240. The Hall–Kier alpha value is -0.930. The lowest BCUT2D eigenvalue weighted by Gasteiger charge is -2.44. The average molecular weight is 224 g/mol. The number of aliphatic hydroxyl groups excluding tert-OH is 1. The smallest absolute Gasteiger partial charge is 0.126 e. The fraction of sp³-hybridized carbons (Fsp3) is 0.538. The molecule has 0 radical (unpaired) electrons. The van der Waals surface area contributed by atoms with Crippen molar-refractivity contribution in [3.05, 3.63) is 35.1 Å². The van der Waals surface area contributed by atoms with E-state index in [1.165, 1.54) is 6.07 Å². The van der Waals surface area contributed by atoms with Crippen molar-refractivity contribution in [1.29, 1.82) is 0 Å². The Morgan fingerprint density at radius 3 is 2.56 bits per heavy atom. The zero-order chi connectivity index (χ0) is 11.8. The van der Waals surface area contributed by atoms with Gasteiger partial charge in [-0.1, -0.05) is 12.1 Å². The first-order valence-electron chi connectivity index (χ1n) is 5.58. The first-order chi connectivity index (χ1) is 7.59. The number of rotatable bonds is 3. The van der Waals surface area contributed by atoms with Crippen molar-refractivity contribution < 1.29 is 14.2 Å². The van der Waals surface area contributed by atoms with Gasteiger partial charge in [0, 0.05) is 7.11 Å². The van der Waals surface area contributed by atoms with E-state index in [1.807, 2.05) is 0 Å². The molecule has 88 valence electrons. The predicted octanol–water partition coefficient (Wildman–Crippen LogP) is 2.74. The van der Waals surface area contributed by atoms with Crippen LogP contribution in [0.2, 0.25) is 0 Å². The molecular formula is C13H17FO2. The van der Waals surface area contributed by atoms with Crippen molar-refractivity contribution in [1.82, 2.24) is 0 Å². The van der Waals surface area contributed by atoms with E-state index in [0.29, 0.717) is 5.56 Å². The van der Waals surface area contributed by atoms with Gasteiger partial charge >= 0.3 is 0 Å². The summed E-state index contributed by atoms with van der Waals surface area (Å²) >= 11 is 0. The van der Waals surface area contributed by atoms with Crippen molar-refractivity contribution in [2.75, 3.05) is 7.11 Å². The molecule has 2 rings (SSSR count). The molecule has 0 heterocycles. The van der Waals surface area contributed by atoms with Gasteiger partial charge in [0.1, 0.15) is 11.9 Å². The van der Waals surface area contributed by atoms with Crippen LogP contribution in [-0.4, -0.2) is 17.8 Å². The second-order valence-corrected chi connectivity index (χ2v) is 4.53. The number of aliphatic hydroxyl groups is 1. The minimum atomic E-state index is -0.662. The van der Waals surface area contributed by atoms with E-state index < -0.39 is 11.7 Å². The SMILES string of the molecule is COC1(C(O)c2ccc(F)c(C)c2)CCC1. The molecule has 0 aromatic heterocycles. The van der Waals surface area contributed by atoms with Gasteiger partial charge in [-0.15, -0.1) is 0 Å². The Labute approximate surface area is 95.1 Å². The van der Waals surface area contributed by atoms with E-state index in [1.54, 1.807) is 26.2 Å². The van der Waals surface area contributed by atoms with Crippen LogP contribution in [-0.2, 0) is 4.74 Å². The summed E-state index contributed by atoms with van der Waals surface area (Å²) in [6.45, 7) is 1.70. The summed E-state index contributed by atoms with van der Waals surface area (Å²) in [5.41, 5.74) is 0.840. The highest BCUT2D eigenvalue weighted by molar-refractivity contribution is 5.28. The highest BCUT2D eigenvalue weighted by atomic mass is 19.1. The van der Waals surface area contributed by atoms with Crippen LogP contribution in [0.4, 0.5) is 4.39 Å². The second-order valence-electron chi connectivity index (χ2n) is 4.53. The molecule has 1 aliphatic carbocycles. The third kappa shape index (κ3) is 1.74. The number of methoxy groups -OCH3 is 1. The Morgan fingerprint density at radius 1 is 1.44 bits per heavy atom. The highest BCUT2D eigenvalue weighted by Crippen LogP contribution is 2.44. The van der Waals surface area contributed by atoms with Crippen LogP contribution < -0.4 is 0 Å². The average Bonchev–Trinajstić information content (AvgIpc) is 2.21. The third-order valence-corrected chi connectivity index (χ3v) is 3.60. The second kappa shape index (κ2) is 4.15. The van der Waals surface area contributed by atoms with Crippen LogP contribution in [0.1, 0.15) is 36.5 Å². The summed E-state index contributed by atoms with van der Waals surface area (Å²) in [4.78, 5) is 0. The maximum atomic E-state index is 13.1. The molecule has 16 heavy (non-hydrogen) atoms. The minimum absolute atomic E-state index is 0.240. The van der Waals surface area contributed by atoms with E-state index in [4.69, 9.17) is 4.74 Å². The summed E-state index contributed by atoms with van der Waals surface area (Å²) < 4.78 is 18.5. The first kappa shape index (κ1) is 11.6. The summed E-state index contributed by atoms with van der Waals surface area (Å²) in [5, 5.41) is 10.3. The quantitative estimate of drug-likeness (QED) is 0.855. The van der Waals surface area contributed by atoms with Crippen molar-refractivity contribution >= 4 is 0 Å². The van der Waals surface area contributed by atoms with E-state index in [2.05, 4.69) is 0 Å². The topological polar surface area (TPSA) is 29.5 Å². The summed E-state index contributed by atoms with van der Waals surface area (Å²) in [6, 6.07) is 4.72. The van der Waals surface area contributed by atoms with Gasteiger partial charge in [-0.05, 0) is 43.4 Å². The van der Waals surface area contributed by atoms with Crippen molar-refractivity contribution in [2.45, 2.75) is 37.9 Å². The van der Waals surface area contributed by atoms with E-state index in [-0.39, 0.29) is 5.82 Å². The molecule has 1 aliphatic rings. The van der Waals surface area contributed by atoms with Crippen LogP contribution in [0.25, 0.3) is 0 Å². The van der Waals surface area contributed by atoms with Gasteiger partial charge < -0.3 is 9.84 Å². The van der Waals surface area contributed by atoms with Crippen LogP contribution in [0.15, 0.2) is 18.2 Å². The zero-order valence-corrected chi connectivity index (χ0v) is 9.66. The minimum Gasteiger partial charge on any atom is -0.385 e. The van der Waals surface area contributed by atoms with Gasteiger partial charge in [0.25, 0.3) is 0 Å². The molecule has 1 atom stereocenters. The maximum absolute atomic E-state index is 13.1. The van der Waals surface area contributed by atoms with E-state index in [9.17, 15) is 9.50 Å². The summed E-state index contributed by atoms with van der Waals surface area (Å²) in [6.07, 6.45) is 2.14. The normalized spacial score (nSPS) is 20.2.